The van der Waals surface area contributed by atoms with E-state index in [2.05, 4.69) is 0 Å². The maximum Gasteiger partial charge on any atom is 0.323 e. The summed E-state index contributed by atoms with van der Waals surface area (Å²) < 4.78 is 1.36. The molecule has 1 amide bonds. The van der Waals surface area contributed by atoms with Gasteiger partial charge in [0.15, 0.2) is 0 Å². The highest BCUT2D eigenvalue weighted by Gasteiger charge is 2.17. The number of carboxylic acids is 1. The predicted octanol–water partition coefficient (Wildman–Crippen LogP) is 0.541. The fourth-order valence-corrected chi connectivity index (χ4v) is 2.29. The summed E-state index contributed by atoms with van der Waals surface area (Å²) in [6.07, 6.45) is 0.677. The van der Waals surface area contributed by atoms with E-state index in [9.17, 15) is 14.4 Å². The highest BCUT2D eigenvalue weighted by molar-refractivity contribution is 7.07. The number of aliphatic carboxylic acids is 1. The van der Waals surface area contributed by atoms with Crippen LogP contribution < -0.4 is 4.87 Å². The van der Waals surface area contributed by atoms with Crippen molar-refractivity contribution in [2.75, 3.05) is 13.1 Å². The Morgan fingerprint density at radius 3 is 2.61 bits per heavy atom. The van der Waals surface area contributed by atoms with Crippen LogP contribution in [0.1, 0.15) is 19.0 Å². The van der Waals surface area contributed by atoms with Gasteiger partial charge >= 0.3 is 10.8 Å². The summed E-state index contributed by atoms with van der Waals surface area (Å²) in [4.78, 5) is 35.1. The van der Waals surface area contributed by atoms with Gasteiger partial charge in [-0.15, -0.1) is 0 Å². The van der Waals surface area contributed by atoms with Crippen molar-refractivity contribution in [2.45, 2.75) is 26.8 Å². The van der Waals surface area contributed by atoms with E-state index in [4.69, 9.17) is 5.11 Å². The number of carboxylic acid groups (broad SMARTS) is 1. The first kappa shape index (κ1) is 14.4. The minimum Gasteiger partial charge on any atom is -0.480 e. The van der Waals surface area contributed by atoms with Crippen LogP contribution in [0, 0.1) is 6.92 Å². The first-order valence-electron chi connectivity index (χ1n) is 5.60. The van der Waals surface area contributed by atoms with Crippen LogP contribution >= 0.6 is 11.3 Å². The molecule has 1 rings (SSSR count). The van der Waals surface area contributed by atoms with Crippen molar-refractivity contribution >= 4 is 23.2 Å². The number of hydrogen-bond acceptors (Lipinski definition) is 4. The van der Waals surface area contributed by atoms with Crippen molar-refractivity contribution in [3.05, 3.63) is 20.7 Å². The van der Waals surface area contributed by atoms with E-state index in [0.29, 0.717) is 18.7 Å². The molecule has 0 aromatic carbocycles. The third-order valence-corrected chi connectivity index (χ3v) is 3.32. The monoisotopic (exact) mass is 272 g/mol. The molecule has 0 aliphatic heterocycles. The Bertz CT molecular complexity index is 491. The van der Waals surface area contributed by atoms with Gasteiger partial charge in [0.05, 0.1) is 0 Å². The molecule has 0 atom stereocenters. The number of carbonyl (C=O) groups excluding carboxylic acids is 1. The van der Waals surface area contributed by atoms with Gasteiger partial charge in [-0.25, -0.2) is 0 Å². The molecule has 6 nitrogen and oxygen atoms in total. The number of aryl methyl sites for hydroxylation is 1. The lowest BCUT2D eigenvalue weighted by atomic mass is 10.3. The van der Waals surface area contributed by atoms with Crippen LogP contribution in [0.25, 0.3) is 0 Å². The van der Waals surface area contributed by atoms with E-state index in [-0.39, 0.29) is 23.9 Å². The predicted molar refractivity (Wildman–Crippen MR) is 67.8 cm³/mol. The van der Waals surface area contributed by atoms with Gasteiger partial charge < -0.3 is 10.0 Å². The summed E-state index contributed by atoms with van der Waals surface area (Å²) in [7, 11) is 0. The summed E-state index contributed by atoms with van der Waals surface area (Å²) in [6, 6.07) is 0. The van der Waals surface area contributed by atoms with E-state index < -0.39 is 5.97 Å². The molecule has 1 heterocycles. The Morgan fingerprint density at radius 1 is 1.50 bits per heavy atom. The maximum atomic E-state index is 11.9. The second-order valence-electron chi connectivity index (χ2n) is 3.94. The largest absolute Gasteiger partial charge is 0.480 e. The standard InChI is InChI=1S/C11H16N2O4S/c1-3-4-12(6-10(15)16)9(14)5-13-8(2)7-18-11(13)17/h7H,3-6H2,1-2H3,(H,15,16). The first-order valence-corrected chi connectivity index (χ1v) is 6.48. The summed E-state index contributed by atoms with van der Waals surface area (Å²) in [5.41, 5.74) is 0.713. The summed E-state index contributed by atoms with van der Waals surface area (Å²) in [6.45, 7) is 3.56. The number of hydrogen-bond donors (Lipinski definition) is 1. The zero-order valence-electron chi connectivity index (χ0n) is 10.4. The minimum atomic E-state index is -1.05. The van der Waals surface area contributed by atoms with Crippen molar-refractivity contribution in [3.8, 4) is 0 Å². The minimum absolute atomic E-state index is 0.0958. The van der Waals surface area contributed by atoms with E-state index in [0.717, 1.165) is 11.3 Å². The average molecular weight is 272 g/mol. The van der Waals surface area contributed by atoms with Crippen LogP contribution in [0.15, 0.2) is 10.2 Å². The average Bonchev–Trinajstić information content (AvgIpc) is 2.59. The lowest BCUT2D eigenvalue weighted by molar-refractivity contribution is -0.144. The van der Waals surface area contributed by atoms with Gasteiger partial charge in [0.1, 0.15) is 13.1 Å². The molecule has 0 spiro atoms. The fourth-order valence-electron chi connectivity index (χ4n) is 1.56. The van der Waals surface area contributed by atoms with Crippen molar-refractivity contribution in [3.63, 3.8) is 0 Å². The normalized spacial score (nSPS) is 10.3. The molecule has 0 saturated heterocycles. The van der Waals surface area contributed by atoms with Crippen molar-refractivity contribution in [1.29, 1.82) is 0 Å². The number of rotatable bonds is 6. The third-order valence-electron chi connectivity index (χ3n) is 2.44. The number of amides is 1. The molecule has 0 aliphatic carbocycles. The molecule has 7 heteroatoms. The molecular weight excluding hydrogens is 256 g/mol. The molecule has 1 aromatic rings. The van der Waals surface area contributed by atoms with Crippen molar-refractivity contribution < 1.29 is 14.7 Å². The summed E-state index contributed by atoms with van der Waals surface area (Å²) in [5.74, 6) is -1.39. The highest BCUT2D eigenvalue weighted by Crippen LogP contribution is 2.02. The van der Waals surface area contributed by atoms with Crippen LogP contribution in [0.4, 0.5) is 0 Å². The molecule has 18 heavy (non-hydrogen) atoms. The van der Waals surface area contributed by atoms with Gasteiger partial charge in [-0.3, -0.25) is 19.0 Å². The lowest BCUT2D eigenvalue weighted by Crippen LogP contribution is -2.39. The number of aromatic nitrogens is 1. The zero-order valence-corrected chi connectivity index (χ0v) is 11.2. The number of thiazole rings is 1. The summed E-state index contributed by atoms with van der Waals surface area (Å²) >= 11 is 1.03. The molecule has 1 N–H and O–H groups in total. The Kier molecular flexibility index (Phi) is 5.08. The van der Waals surface area contributed by atoms with E-state index in [1.165, 1.54) is 9.47 Å². The van der Waals surface area contributed by atoms with Crippen LogP contribution in [-0.4, -0.2) is 39.5 Å². The third kappa shape index (κ3) is 3.69. The van der Waals surface area contributed by atoms with Gasteiger partial charge in [-0.1, -0.05) is 18.3 Å². The number of nitrogens with zero attached hydrogens (tertiary/aromatic N) is 2. The second-order valence-corrected chi connectivity index (χ2v) is 4.76. The van der Waals surface area contributed by atoms with Gasteiger partial charge in [0.25, 0.3) is 0 Å². The quantitative estimate of drug-likeness (QED) is 0.819. The van der Waals surface area contributed by atoms with Crippen LogP contribution in [0.3, 0.4) is 0 Å². The lowest BCUT2D eigenvalue weighted by Gasteiger charge is -2.20. The molecular formula is C11H16N2O4S. The van der Waals surface area contributed by atoms with Gasteiger partial charge in [-0.05, 0) is 13.3 Å². The SMILES string of the molecule is CCCN(CC(=O)O)C(=O)Cn1c(C)csc1=O. The molecule has 0 aliphatic rings. The van der Waals surface area contributed by atoms with E-state index >= 15 is 0 Å². The molecule has 100 valence electrons. The van der Waals surface area contributed by atoms with E-state index in [1.807, 2.05) is 6.92 Å². The van der Waals surface area contributed by atoms with Gasteiger partial charge in [0, 0.05) is 17.6 Å². The highest BCUT2D eigenvalue weighted by atomic mass is 32.1. The van der Waals surface area contributed by atoms with Gasteiger partial charge in [0.2, 0.25) is 5.91 Å². The van der Waals surface area contributed by atoms with Crippen LogP contribution in [0.5, 0.6) is 0 Å². The molecule has 0 fully saturated rings. The smallest absolute Gasteiger partial charge is 0.323 e. The first-order chi connectivity index (χ1) is 8.45. The fraction of sp³-hybridized carbons (Fsp3) is 0.545. The molecule has 0 saturated carbocycles. The van der Waals surface area contributed by atoms with E-state index in [1.54, 1.807) is 12.3 Å². The zero-order chi connectivity index (χ0) is 13.7. The van der Waals surface area contributed by atoms with Crippen LogP contribution in [0.2, 0.25) is 0 Å². The van der Waals surface area contributed by atoms with Crippen LogP contribution in [-0.2, 0) is 16.1 Å². The maximum absolute atomic E-state index is 11.9. The molecule has 0 radical (unpaired) electrons. The topological polar surface area (TPSA) is 79.6 Å². The Balaban J connectivity index is 2.78. The Morgan fingerprint density at radius 2 is 2.17 bits per heavy atom. The molecule has 0 unspecified atom stereocenters. The van der Waals surface area contributed by atoms with Gasteiger partial charge in [-0.2, -0.15) is 0 Å². The number of carbonyl (C=O) groups is 2. The summed E-state index contributed by atoms with van der Waals surface area (Å²) in [5, 5.41) is 10.4. The van der Waals surface area contributed by atoms with Crippen molar-refractivity contribution in [1.82, 2.24) is 9.47 Å². The second kappa shape index (κ2) is 6.34. The Labute approximate surface area is 108 Å². The Hall–Kier alpha value is -1.63. The van der Waals surface area contributed by atoms with Crippen molar-refractivity contribution in [2.24, 2.45) is 0 Å². The molecule has 1 aromatic heterocycles. The molecule has 0 bridgehead atoms.